The zero-order chi connectivity index (χ0) is 19.4. The fraction of sp³-hybridized carbons (Fsp3) is 0.0526. The summed E-state index contributed by atoms with van der Waals surface area (Å²) in [6.07, 6.45) is 1.39. The molecule has 0 aliphatic heterocycles. The normalized spacial score (nSPS) is 10.9. The maximum atomic E-state index is 13.0. The van der Waals surface area contributed by atoms with Gasteiger partial charge in [0, 0.05) is 4.88 Å². The lowest BCUT2D eigenvalue weighted by Gasteiger charge is -2.05. The topological polar surface area (TPSA) is 70.9 Å². The average Bonchev–Trinajstić information content (AvgIpc) is 3.15. The minimum absolute atomic E-state index is 0.115. The maximum absolute atomic E-state index is 13.0. The lowest BCUT2D eigenvalue weighted by atomic mass is 10.2. The van der Waals surface area contributed by atoms with Crippen molar-refractivity contribution in [2.45, 2.75) is 0 Å². The number of aromatic hydroxyl groups is 1. The van der Waals surface area contributed by atoms with E-state index >= 15 is 0 Å². The van der Waals surface area contributed by atoms with Crippen LogP contribution in [0.2, 0.25) is 5.02 Å². The summed E-state index contributed by atoms with van der Waals surface area (Å²) in [7, 11) is 1.41. The first-order valence-electron chi connectivity index (χ1n) is 7.73. The molecule has 3 aromatic rings. The Hall–Kier alpha value is -2.90. The van der Waals surface area contributed by atoms with Crippen LogP contribution in [0.5, 0.6) is 11.5 Å². The highest BCUT2D eigenvalue weighted by molar-refractivity contribution is 7.17. The molecule has 0 fully saturated rings. The van der Waals surface area contributed by atoms with Gasteiger partial charge in [0.25, 0.3) is 5.91 Å². The molecule has 1 aromatic heterocycles. The second-order valence-corrected chi connectivity index (χ2v) is 6.91. The highest BCUT2D eigenvalue weighted by Crippen LogP contribution is 2.34. The number of rotatable bonds is 5. The van der Waals surface area contributed by atoms with Crippen molar-refractivity contribution in [1.82, 2.24) is 5.43 Å². The van der Waals surface area contributed by atoms with Gasteiger partial charge in [-0.25, -0.2) is 9.82 Å². The Labute approximate surface area is 163 Å². The van der Waals surface area contributed by atoms with Gasteiger partial charge in [-0.15, -0.1) is 11.3 Å². The smallest absolute Gasteiger partial charge is 0.281 e. The number of phenols is 1. The van der Waals surface area contributed by atoms with Gasteiger partial charge in [-0.1, -0.05) is 23.7 Å². The molecule has 8 heteroatoms. The molecule has 2 N–H and O–H groups in total. The highest BCUT2D eigenvalue weighted by Gasteiger charge is 2.10. The van der Waals surface area contributed by atoms with Gasteiger partial charge in [0.15, 0.2) is 11.5 Å². The SMILES string of the molecule is COc1cc(/C=N/NC(=O)c2ccc(-c3ccc(F)cc3)s2)cc(Cl)c1O. The molecule has 1 heterocycles. The molecule has 138 valence electrons. The standard InChI is InChI=1S/C19H14ClFN2O3S/c1-26-15-9-11(8-14(20)18(15)24)10-22-23-19(25)17-7-6-16(27-17)12-2-4-13(21)5-3-12/h2-10,24H,1H3,(H,23,25)/b22-10+. The Kier molecular flexibility index (Phi) is 5.73. The fourth-order valence-corrected chi connectivity index (χ4v) is 3.39. The van der Waals surface area contributed by atoms with E-state index < -0.39 is 0 Å². The monoisotopic (exact) mass is 404 g/mol. The van der Waals surface area contributed by atoms with Crippen molar-refractivity contribution in [3.8, 4) is 21.9 Å². The van der Waals surface area contributed by atoms with E-state index in [0.29, 0.717) is 10.4 Å². The van der Waals surface area contributed by atoms with E-state index in [1.807, 2.05) is 0 Å². The number of methoxy groups -OCH3 is 1. The molecular formula is C19H14ClFN2O3S. The van der Waals surface area contributed by atoms with Crippen LogP contribution in [0.25, 0.3) is 10.4 Å². The van der Waals surface area contributed by atoms with E-state index in [9.17, 15) is 14.3 Å². The Morgan fingerprint density at radius 2 is 2.00 bits per heavy atom. The minimum atomic E-state index is -0.374. The van der Waals surface area contributed by atoms with E-state index in [1.165, 1.54) is 48.9 Å². The number of thiophene rings is 1. The van der Waals surface area contributed by atoms with Crippen LogP contribution in [0, 0.1) is 5.82 Å². The average molecular weight is 405 g/mol. The fourth-order valence-electron chi connectivity index (χ4n) is 2.27. The van der Waals surface area contributed by atoms with Crippen molar-refractivity contribution >= 4 is 35.1 Å². The Bertz CT molecular complexity index is 1000. The Morgan fingerprint density at radius 3 is 2.70 bits per heavy atom. The van der Waals surface area contributed by atoms with Crippen LogP contribution in [0.15, 0.2) is 53.6 Å². The molecule has 1 amide bonds. The molecular weight excluding hydrogens is 391 g/mol. The summed E-state index contributed by atoms with van der Waals surface area (Å²) >= 11 is 7.18. The summed E-state index contributed by atoms with van der Waals surface area (Å²) in [6, 6.07) is 12.6. The predicted molar refractivity (Wildman–Crippen MR) is 104 cm³/mol. The third-order valence-electron chi connectivity index (χ3n) is 3.61. The second kappa shape index (κ2) is 8.20. The quantitative estimate of drug-likeness (QED) is 0.479. The summed E-state index contributed by atoms with van der Waals surface area (Å²) < 4.78 is 18.0. The van der Waals surface area contributed by atoms with E-state index in [2.05, 4.69) is 10.5 Å². The molecule has 0 unspecified atom stereocenters. The lowest BCUT2D eigenvalue weighted by molar-refractivity contribution is 0.0959. The third kappa shape index (κ3) is 4.45. The Balaban J connectivity index is 1.69. The first-order chi connectivity index (χ1) is 13.0. The van der Waals surface area contributed by atoms with Crippen LogP contribution < -0.4 is 10.2 Å². The molecule has 5 nitrogen and oxygen atoms in total. The van der Waals surface area contributed by atoms with Crippen molar-refractivity contribution in [2.24, 2.45) is 5.10 Å². The van der Waals surface area contributed by atoms with Gasteiger partial charge in [-0.05, 0) is 47.5 Å². The molecule has 0 aliphatic carbocycles. The number of halogens is 2. The van der Waals surface area contributed by atoms with Gasteiger partial charge < -0.3 is 9.84 Å². The highest BCUT2D eigenvalue weighted by atomic mass is 35.5. The van der Waals surface area contributed by atoms with E-state index in [-0.39, 0.29) is 28.2 Å². The van der Waals surface area contributed by atoms with Crippen LogP contribution in [0.1, 0.15) is 15.2 Å². The molecule has 27 heavy (non-hydrogen) atoms. The summed E-state index contributed by atoms with van der Waals surface area (Å²) in [4.78, 5) is 13.5. The van der Waals surface area contributed by atoms with Crippen LogP contribution >= 0.6 is 22.9 Å². The van der Waals surface area contributed by atoms with Gasteiger partial charge in [-0.2, -0.15) is 5.10 Å². The summed E-state index contributed by atoms with van der Waals surface area (Å²) in [5, 5.41) is 13.7. The van der Waals surface area contributed by atoms with E-state index in [4.69, 9.17) is 16.3 Å². The van der Waals surface area contributed by atoms with E-state index in [0.717, 1.165) is 10.4 Å². The lowest BCUT2D eigenvalue weighted by Crippen LogP contribution is -2.16. The van der Waals surface area contributed by atoms with Gasteiger partial charge in [0.1, 0.15) is 5.82 Å². The van der Waals surface area contributed by atoms with Crippen molar-refractivity contribution < 1.29 is 19.0 Å². The van der Waals surface area contributed by atoms with Crippen molar-refractivity contribution in [1.29, 1.82) is 0 Å². The largest absolute Gasteiger partial charge is 0.503 e. The first kappa shape index (κ1) is 18.9. The molecule has 0 saturated carbocycles. The number of hydrogen-bond acceptors (Lipinski definition) is 5. The number of amides is 1. The number of phenolic OH excluding ortho intramolecular Hbond substituents is 1. The number of benzene rings is 2. The summed E-state index contributed by atoms with van der Waals surface area (Å²) in [5.74, 6) is -0.639. The van der Waals surface area contributed by atoms with Crippen LogP contribution in [-0.4, -0.2) is 24.3 Å². The second-order valence-electron chi connectivity index (χ2n) is 5.42. The number of hydrogen-bond donors (Lipinski definition) is 2. The summed E-state index contributed by atoms with van der Waals surface area (Å²) in [6.45, 7) is 0. The molecule has 0 saturated heterocycles. The first-order valence-corrected chi connectivity index (χ1v) is 8.93. The zero-order valence-electron chi connectivity index (χ0n) is 14.1. The minimum Gasteiger partial charge on any atom is -0.503 e. The summed E-state index contributed by atoms with van der Waals surface area (Å²) in [5.41, 5.74) is 3.81. The number of nitrogens with zero attached hydrogens (tertiary/aromatic N) is 1. The van der Waals surface area contributed by atoms with Crippen LogP contribution in [0.3, 0.4) is 0 Å². The van der Waals surface area contributed by atoms with Gasteiger partial charge in [0.2, 0.25) is 0 Å². The molecule has 0 atom stereocenters. The van der Waals surface area contributed by atoms with Gasteiger partial charge in [0.05, 0.1) is 23.2 Å². The number of carbonyl (C=O) groups is 1. The molecule has 0 bridgehead atoms. The number of nitrogens with one attached hydrogen (secondary N) is 1. The zero-order valence-corrected chi connectivity index (χ0v) is 15.6. The third-order valence-corrected chi connectivity index (χ3v) is 5.03. The van der Waals surface area contributed by atoms with Crippen LogP contribution in [-0.2, 0) is 0 Å². The molecule has 3 rings (SSSR count). The molecule has 2 aromatic carbocycles. The number of carbonyl (C=O) groups excluding carboxylic acids is 1. The van der Waals surface area contributed by atoms with Gasteiger partial charge in [-0.3, -0.25) is 4.79 Å². The van der Waals surface area contributed by atoms with Crippen molar-refractivity contribution in [3.63, 3.8) is 0 Å². The number of ether oxygens (including phenoxy) is 1. The Morgan fingerprint density at radius 1 is 1.26 bits per heavy atom. The van der Waals surface area contributed by atoms with Crippen molar-refractivity contribution in [3.05, 3.63) is 69.8 Å². The van der Waals surface area contributed by atoms with Gasteiger partial charge >= 0.3 is 0 Å². The molecule has 0 spiro atoms. The molecule has 0 radical (unpaired) electrons. The van der Waals surface area contributed by atoms with Crippen LogP contribution in [0.4, 0.5) is 4.39 Å². The van der Waals surface area contributed by atoms with E-state index in [1.54, 1.807) is 24.3 Å². The predicted octanol–water partition coefficient (Wildman–Crippen LogP) is 4.69. The molecule has 0 aliphatic rings. The number of hydrazone groups is 1. The maximum Gasteiger partial charge on any atom is 0.281 e. The van der Waals surface area contributed by atoms with Crippen molar-refractivity contribution in [2.75, 3.05) is 7.11 Å².